The van der Waals surface area contributed by atoms with Crippen molar-refractivity contribution in [3.63, 3.8) is 0 Å². The van der Waals surface area contributed by atoms with Crippen molar-refractivity contribution in [3.05, 3.63) is 193 Å². The average Bonchev–Trinajstić information content (AvgIpc) is 3.77. The van der Waals surface area contributed by atoms with Crippen LogP contribution in [0.5, 0.6) is 0 Å². The Balaban J connectivity index is 1.10. The van der Waals surface area contributed by atoms with Crippen LogP contribution < -0.4 is 4.90 Å². The second-order valence-corrected chi connectivity index (χ2v) is 19.5. The highest BCUT2D eigenvalue weighted by Crippen LogP contribution is 2.45. The standard InChI is InChI=1S/C59H58N2/c1-40-19-34-55(41(40)2)61-56-35-28-47(44-20-22-46(23-21-44)54(59(6,7)8)39-58(3,4)5)37-52(56)53-38-48(29-36-57(53)61)45-26-32-51(33-27-45)60(49-17-13-10-14-18-49)50-30-24-43(25-31-50)42-15-11-9-12-16-42/h9-38,41,54H,39H2,1-8H3. The molecule has 1 aliphatic carbocycles. The van der Waals surface area contributed by atoms with Gasteiger partial charge in [-0.2, -0.15) is 0 Å². The van der Waals surface area contributed by atoms with Crippen molar-refractivity contribution in [1.29, 1.82) is 0 Å². The maximum absolute atomic E-state index is 2.50. The molecule has 304 valence electrons. The minimum atomic E-state index is 0.184. The first-order valence-electron chi connectivity index (χ1n) is 22.0. The molecule has 0 saturated carbocycles. The van der Waals surface area contributed by atoms with Gasteiger partial charge in [-0.15, -0.1) is 0 Å². The fraction of sp³-hybridized carbons (Fsp3) is 0.220. The first kappa shape index (κ1) is 40.0. The molecule has 0 aliphatic heterocycles. The molecule has 0 spiro atoms. The second-order valence-electron chi connectivity index (χ2n) is 19.5. The van der Waals surface area contributed by atoms with Gasteiger partial charge < -0.3 is 9.47 Å². The van der Waals surface area contributed by atoms with Gasteiger partial charge in [0, 0.05) is 39.4 Å². The lowest BCUT2D eigenvalue weighted by Crippen LogP contribution is -2.23. The van der Waals surface area contributed by atoms with Crippen LogP contribution in [0.25, 0.3) is 60.9 Å². The number of hydrogen-bond donors (Lipinski definition) is 0. The van der Waals surface area contributed by atoms with Crippen LogP contribution in [0.3, 0.4) is 0 Å². The zero-order chi connectivity index (χ0) is 42.5. The van der Waals surface area contributed by atoms with Crippen LogP contribution in [0.1, 0.15) is 73.3 Å². The smallest absolute Gasteiger partial charge is 0.0538 e. The Labute approximate surface area is 363 Å². The largest absolute Gasteiger partial charge is 0.312 e. The fourth-order valence-corrected chi connectivity index (χ4v) is 9.37. The van der Waals surface area contributed by atoms with Crippen LogP contribution in [0.15, 0.2) is 188 Å². The first-order chi connectivity index (χ1) is 29.3. The Bertz CT molecular complexity index is 2880. The van der Waals surface area contributed by atoms with E-state index in [4.69, 9.17) is 0 Å². The van der Waals surface area contributed by atoms with Gasteiger partial charge in [-0.05, 0) is 136 Å². The third-order valence-electron chi connectivity index (χ3n) is 12.9. The fourth-order valence-electron chi connectivity index (χ4n) is 9.37. The van der Waals surface area contributed by atoms with E-state index in [1.54, 1.807) is 0 Å². The predicted octanol–water partition coefficient (Wildman–Crippen LogP) is 17.3. The van der Waals surface area contributed by atoms with Crippen molar-refractivity contribution >= 4 is 44.6 Å². The zero-order valence-corrected chi connectivity index (χ0v) is 37.1. The minimum Gasteiger partial charge on any atom is -0.312 e. The summed E-state index contributed by atoms with van der Waals surface area (Å²) in [6.45, 7) is 18.8. The van der Waals surface area contributed by atoms with E-state index in [0.717, 1.165) is 23.5 Å². The Hall–Kier alpha value is -6.38. The van der Waals surface area contributed by atoms with E-state index in [1.165, 1.54) is 72.0 Å². The molecule has 0 N–H and O–H groups in total. The van der Waals surface area contributed by atoms with Crippen molar-refractivity contribution in [2.24, 2.45) is 16.7 Å². The summed E-state index contributed by atoms with van der Waals surface area (Å²) in [4.78, 5) is 2.34. The lowest BCUT2D eigenvalue weighted by Gasteiger charge is -2.36. The van der Waals surface area contributed by atoms with E-state index in [1.807, 2.05) is 0 Å². The predicted molar refractivity (Wildman–Crippen MR) is 264 cm³/mol. The quantitative estimate of drug-likeness (QED) is 0.141. The summed E-state index contributed by atoms with van der Waals surface area (Å²) in [5.41, 5.74) is 17.8. The summed E-state index contributed by atoms with van der Waals surface area (Å²) < 4.78 is 2.50. The lowest BCUT2D eigenvalue weighted by atomic mass is 9.69. The Kier molecular flexibility index (Phi) is 10.4. The van der Waals surface area contributed by atoms with E-state index < -0.39 is 0 Å². The van der Waals surface area contributed by atoms with E-state index in [-0.39, 0.29) is 10.8 Å². The zero-order valence-electron chi connectivity index (χ0n) is 37.1. The molecule has 0 radical (unpaired) electrons. The highest BCUT2D eigenvalue weighted by molar-refractivity contribution is 6.12. The molecule has 1 aliphatic rings. The molecular weight excluding hydrogens is 737 g/mol. The molecule has 61 heavy (non-hydrogen) atoms. The van der Waals surface area contributed by atoms with Gasteiger partial charge in [0.1, 0.15) is 0 Å². The molecule has 0 bridgehead atoms. The number of nitrogens with zero attached hydrogens (tertiary/aromatic N) is 2. The lowest BCUT2D eigenvalue weighted by molar-refractivity contribution is 0.229. The summed E-state index contributed by atoms with van der Waals surface area (Å²) in [5, 5.41) is 2.55. The summed E-state index contributed by atoms with van der Waals surface area (Å²) >= 11 is 0. The summed E-state index contributed by atoms with van der Waals surface area (Å²) in [6, 6.07) is 62.8. The maximum atomic E-state index is 2.50. The molecule has 2 heteroatoms. The number of allylic oxidation sites excluding steroid dienone is 4. The Morgan fingerprint density at radius 1 is 0.492 bits per heavy atom. The number of hydrogen-bond acceptors (Lipinski definition) is 1. The molecule has 0 saturated heterocycles. The number of fused-ring (bicyclic) bond motifs is 3. The third kappa shape index (κ3) is 8.00. The Morgan fingerprint density at radius 2 is 0.918 bits per heavy atom. The number of anilines is 3. The van der Waals surface area contributed by atoms with Crippen molar-refractivity contribution in [2.45, 2.75) is 67.7 Å². The molecule has 2 unspecified atom stereocenters. The van der Waals surface area contributed by atoms with Crippen molar-refractivity contribution in [2.75, 3.05) is 4.90 Å². The normalized spacial score (nSPS) is 14.9. The van der Waals surface area contributed by atoms with Crippen molar-refractivity contribution in [3.8, 4) is 33.4 Å². The highest BCUT2D eigenvalue weighted by atomic mass is 15.1. The summed E-state index contributed by atoms with van der Waals surface area (Å²) in [5.74, 6) is 0.838. The van der Waals surface area contributed by atoms with E-state index in [2.05, 4.69) is 247 Å². The molecule has 0 amide bonds. The molecule has 0 fully saturated rings. The Morgan fingerprint density at radius 3 is 1.38 bits per heavy atom. The second kappa shape index (κ2) is 15.9. The average molecular weight is 795 g/mol. The molecule has 7 aromatic carbocycles. The molecule has 2 nitrogen and oxygen atoms in total. The topological polar surface area (TPSA) is 8.17 Å². The van der Waals surface area contributed by atoms with E-state index in [9.17, 15) is 0 Å². The molecule has 2 atom stereocenters. The van der Waals surface area contributed by atoms with Gasteiger partial charge in [-0.3, -0.25) is 0 Å². The van der Waals surface area contributed by atoms with Gasteiger partial charge in [-0.25, -0.2) is 0 Å². The summed E-state index contributed by atoms with van der Waals surface area (Å²) in [7, 11) is 0. The SMILES string of the molecule is CC1=CC=C(n2c3ccc(-c4ccc(C(CC(C)(C)C)C(C)(C)C)cc4)cc3c3cc(-c4ccc(N(c5ccccc5)c5ccc(-c6ccccc6)cc5)cc4)ccc32)C1C. The van der Waals surface area contributed by atoms with Crippen LogP contribution in [-0.4, -0.2) is 4.57 Å². The van der Waals surface area contributed by atoms with Crippen LogP contribution >= 0.6 is 0 Å². The van der Waals surface area contributed by atoms with Gasteiger partial charge >= 0.3 is 0 Å². The van der Waals surface area contributed by atoms with Gasteiger partial charge in [0.2, 0.25) is 0 Å². The van der Waals surface area contributed by atoms with Gasteiger partial charge in [0.05, 0.1) is 11.0 Å². The van der Waals surface area contributed by atoms with E-state index in [0.29, 0.717) is 11.8 Å². The highest BCUT2D eigenvalue weighted by Gasteiger charge is 2.30. The van der Waals surface area contributed by atoms with Crippen LogP contribution in [-0.2, 0) is 0 Å². The number of para-hydroxylation sites is 1. The first-order valence-corrected chi connectivity index (χ1v) is 22.0. The third-order valence-corrected chi connectivity index (χ3v) is 12.9. The molecule has 1 heterocycles. The monoisotopic (exact) mass is 794 g/mol. The van der Waals surface area contributed by atoms with Crippen molar-refractivity contribution < 1.29 is 0 Å². The molecule has 1 aromatic heterocycles. The minimum absolute atomic E-state index is 0.184. The van der Waals surface area contributed by atoms with Crippen LogP contribution in [0, 0.1) is 16.7 Å². The molecule has 8 aromatic rings. The van der Waals surface area contributed by atoms with Gasteiger partial charge in [0.15, 0.2) is 0 Å². The number of benzene rings is 7. The summed E-state index contributed by atoms with van der Waals surface area (Å²) in [6.07, 6.45) is 5.75. The van der Waals surface area contributed by atoms with Crippen LogP contribution in [0.4, 0.5) is 17.1 Å². The number of aromatic nitrogens is 1. The number of rotatable bonds is 9. The van der Waals surface area contributed by atoms with Gasteiger partial charge in [-0.1, -0.05) is 169 Å². The van der Waals surface area contributed by atoms with Crippen molar-refractivity contribution in [1.82, 2.24) is 4.57 Å². The van der Waals surface area contributed by atoms with Gasteiger partial charge in [0.25, 0.3) is 0 Å². The van der Waals surface area contributed by atoms with Crippen LogP contribution in [0.2, 0.25) is 0 Å². The molecular formula is C59H58N2. The van der Waals surface area contributed by atoms with E-state index >= 15 is 0 Å². The molecule has 9 rings (SSSR count). The maximum Gasteiger partial charge on any atom is 0.0538 e.